The molecule has 0 amide bonds. The molecule has 1 fully saturated rings. The number of aromatic nitrogens is 1. The molecule has 1 aliphatic heterocycles. The van der Waals surface area contributed by atoms with Gasteiger partial charge in [0.1, 0.15) is 24.1 Å². The van der Waals surface area contributed by atoms with Gasteiger partial charge < -0.3 is 9.64 Å². The number of hydrogen-bond donors (Lipinski definition) is 0. The van der Waals surface area contributed by atoms with Crippen LogP contribution in [0.2, 0.25) is 0 Å². The fourth-order valence-electron chi connectivity index (χ4n) is 3.31. The maximum atomic E-state index is 13.7. The summed E-state index contributed by atoms with van der Waals surface area (Å²) in [5.74, 6) is 0.804. The van der Waals surface area contributed by atoms with Crippen LogP contribution in [0.3, 0.4) is 0 Å². The molecule has 2 heterocycles. The van der Waals surface area contributed by atoms with Crippen LogP contribution in [0.25, 0.3) is 0 Å². The average molecular weight is 358 g/mol. The van der Waals surface area contributed by atoms with E-state index in [1.165, 1.54) is 17.7 Å². The lowest BCUT2D eigenvalue weighted by Crippen LogP contribution is -2.34. The summed E-state index contributed by atoms with van der Waals surface area (Å²) >= 11 is 0. The van der Waals surface area contributed by atoms with E-state index in [4.69, 9.17) is 4.74 Å². The number of nitrogens with zero attached hydrogens (tertiary/aromatic N) is 2. The quantitative estimate of drug-likeness (QED) is 0.670. The Kier molecular flexibility index (Phi) is 5.86. The standard InChI is InChI=1S/C21H24F2N2O/c1-15(2)12-16-8-10-25(11-9-16)20-4-3-5-21(24-20)26-14-17-6-7-18(22)13-19(17)23/h3-7,13,16H,1,8-12,14H2,2H3. The molecule has 0 saturated carbocycles. The first-order chi connectivity index (χ1) is 12.5. The summed E-state index contributed by atoms with van der Waals surface area (Å²) in [4.78, 5) is 6.78. The molecule has 0 atom stereocenters. The number of piperidine rings is 1. The van der Waals surface area contributed by atoms with Crippen LogP contribution < -0.4 is 9.64 Å². The van der Waals surface area contributed by atoms with Crippen molar-refractivity contribution in [3.8, 4) is 5.88 Å². The van der Waals surface area contributed by atoms with Crippen molar-refractivity contribution in [2.24, 2.45) is 5.92 Å². The largest absolute Gasteiger partial charge is 0.473 e. The fourth-order valence-corrected chi connectivity index (χ4v) is 3.31. The van der Waals surface area contributed by atoms with Gasteiger partial charge in [0.15, 0.2) is 0 Å². The number of anilines is 1. The van der Waals surface area contributed by atoms with Gasteiger partial charge >= 0.3 is 0 Å². The molecule has 1 saturated heterocycles. The van der Waals surface area contributed by atoms with Crippen molar-refractivity contribution in [1.29, 1.82) is 0 Å². The van der Waals surface area contributed by atoms with Gasteiger partial charge in [-0.3, -0.25) is 0 Å². The second-order valence-electron chi connectivity index (χ2n) is 6.95. The molecule has 1 aromatic heterocycles. The lowest BCUT2D eigenvalue weighted by Gasteiger charge is -2.33. The van der Waals surface area contributed by atoms with E-state index in [9.17, 15) is 8.78 Å². The van der Waals surface area contributed by atoms with Crippen LogP contribution in [0.1, 0.15) is 31.7 Å². The van der Waals surface area contributed by atoms with Crippen molar-refractivity contribution < 1.29 is 13.5 Å². The van der Waals surface area contributed by atoms with Gasteiger partial charge in [-0.1, -0.05) is 11.6 Å². The predicted octanol–water partition coefficient (Wildman–Crippen LogP) is 5.12. The summed E-state index contributed by atoms with van der Waals surface area (Å²) in [6.45, 7) is 8.02. The van der Waals surface area contributed by atoms with Crippen molar-refractivity contribution >= 4 is 5.82 Å². The van der Waals surface area contributed by atoms with E-state index in [1.807, 2.05) is 12.1 Å². The van der Waals surface area contributed by atoms with Crippen molar-refractivity contribution in [3.63, 3.8) is 0 Å². The van der Waals surface area contributed by atoms with Gasteiger partial charge in [-0.2, -0.15) is 4.98 Å². The Labute approximate surface area is 153 Å². The lowest BCUT2D eigenvalue weighted by molar-refractivity contribution is 0.287. The van der Waals surface area contributed by atoms with Gasteiger partial charge in [0, 0.05) is 30.8 Å². The number of rotatable bonds is 6. The molecule has 3 nitrogen and oxygen atoms in total. The van der Waals surface area contributed by atoms with E-state index < -0.39 is 11.6 Å². The van der Waals surface area contributed by atoms with Gasteiger partial charge in [0.25, 0.3) is 0 Å². The molecule has 0 radical (unpaired) electrons. The molecule has 138 valence electrons. The number of allylic oxidation sites excluding steroid dienone is 1. The van der Waals surface area contributed by atoms with Crippen LogP contribution in [0.5, 0.6) is 5.88 Å². The Morgan fingerprint density at radius 1 is 1.23 bits per heavy atom. The Morgan fingerprint density at radius 2 is 2.00 bits per heavy atom. The third-order valence-corrected chi connectivity index (χ3v) is 4.68. The number of pyridine rings is 1. The first-order valence-corrected chi connectivity index (χ1v) is 8.94. The molecule has 0 spiro atoms. The minimum atomic E-state index is -0.610. The van der Waals surface area contributed by atoms with Crippen LogP contribution in [-0.2, 0) is 6.61 Å². The molecule has 1 aromatic carbocycles. The van der Waals surface area contributed by atoms with Gasteiger partial charge in [-0.15, -0.1) is 6.58 Å². The molecular formula is C21H24F2N2O. The predicted molar refractivity (Wildman–Crippen MR) is 99.3 cm³/mol. The molecule has 2 aromatic rings. The van der Waals surface area contributed by atoms with E-state index >= 15 is 0 Å². The summed E-state index contributed by atoms with van der Waals surface area (Å²) in [6, 6.07) is 9.07. The molecule has 0 bridgehead atoms. The second kappa shape index (κ2) is 8.30. The summed E-state index contributed by atoms with van der Waals surface area (Å²) in [5, 5.41) is 0. The molecular weight excluding hydrogens is 334 g/mol. The van der Waals surface area contributed by atoms with Gasteiger partial charge in [0.05, 0.1) is 0 Å². The van der Waals surface area contributed by atoms with Crippen LogP contribution in [0.15, 0.2) is 48.6 Å². The third kappa shape index (κ3) is 4.81. The number of ether oxygens (including phenoxy) is 1. The minimum absolute atomic E-state index is 0.0171. The monoisotopic (exact) mass is 358 g/mol. The molecule has 1 aliphatic rings. The highest BCUT2D eigenvalue weighted by Gasteiger charge is 2.20. The summed E-state index contributed by atoms with van der Waals surface area (Å²) in [5.41, 5.74) is 1.55. The normalized spacial score (nSPS) is 15.1. The van der Waals surface area contributed by atoms with E-state index in [2.05, 4.69) is 23.4 Å². The van der Waals surface area contributed by atoms with Crippen LogP contribution in [-0.4, -0.2) is 18.1 Å². The number of hydrogen-bond acceptors (Lipinski definition) is 3. The summed E-state index contributed by atoms with van der Waals surface area (Å²) < 4.78 is 32.3. The minimum Gasteiger partial charge on any atom is -0.473 e. The summed E-state index contributed by atoms with van der Waals surface area (Å²) in [7, 11) is 0. The zero-order valence-corrected chi connectivity index (χ0v) is 15.0. The first-order valence-electron chi connectivity index (χ1n) is 8.94. The molecule has 3 rings (SSSR count). The first kappa shape index (κ1) is 18.4. The molecule has 0 unspecified atom stereocenters. The van der Waals surface area contributed by atoms with Crippen molar-refractivity contribution in [2.75, 3.05) is 18.0 Å². The van der Waals surface area contributed by atoms with E-state index in [0.29, 0.717) is 17.4 Å². The molecule has 5 heteroatoms. The van der Waals surface area contributed by atoms with Crippen LogP contribution >= 0.6 is 0 Å². The highest BCUT2D eigenvalue weighted by Crippen LogP contribution is 2.27. The van der Waals surface area contributed by atoms with E-state index in [0.717, 1.165) is 44.2 Å². The number of benzene rings is 1. The highest BCUT2D eigenvalue weighted by atomic mass is 19.1. The van der Waals surface area contributed by atoms with Crippen molar-refractivity contribution in [3.05, 3.63) is 65.7 Å². The second-order valence-corrected chi connectivity index (χ2v) is 6.95. The van der Waals surface area contributed by atoms with Crippen molar-refractivity contribution in [1.82, 2.24) is 4.98 Å². The third-order valence-electron chi connectivity index (χ3n) is 4.68. The lowest BCUT2D eigenvalue weighted by atomic mass is 9.91. The average Bonchev–Trinajstić information content (AvgIpc) is 2.61. The maximum absolute atomic E-state index is 13.7. The fraction of sp³-hybridized carbons (Fsp3) is 0.381. The van der Waals surface area contributed by atoms with E-state index in [1.54, 1.807) is 6.07 Å². The van der Waals surface area contributed by atoms with Crippen LogP contribution in [0.4, 0.5) is 14.6 Å². The van der Waals surface area contributed by atoms with Crippen LogP contribution in [0, 0.1) is 17.6 Å². The number of halogens is 2. The Bertz CT molecular complexity index is 770. The topological polar surface area (TPSA) is 25.4 Å². The molecule has 0 aliphatic carbocycles. The Balaban J connectivity index is 1.59. The Morgan fingerprint density at radius 3 is 2.69 bits per heavy atom. The summed E-state index contributed by atoms with van der Waals surface area (Å²) in [6.07, 6.45) is 3.34. The zero-order chi connectivity index (χ0) is 18.5. The van der Waals surface area contributed by atoms with Gasteiger partial charge in [0.2, 0.25) is 5.88 Å². The Hall–Kier alpha value is -2.43. The molecule has 0 N–H and O–H groups in total. The van der Waals surface area contributed by atoms with Gasteiger partial charge in [-0.25, -0.2) is 8.78 Å². The smallest absolute Gasteiger partial charge is 0.215 e. The molecule has 26 heavy (non-hydrogen) atoms. The van der Waals surface area contributed by atoms with Gasteiger partial charge in [-0.05, 0) is 50.3 Å². The van der Waals surface area contributed by atoms with E-state index in [-0.39, 0.29) is 6.61 Å². The maximum Gasteiger partial charge on any atom is 0.215 e. The highest BCUT2D eigenvalue weighted by molar-refractivity contribution is 5.41. The SMILES string of the molecule is C=C(C)CC1CCN(c2cccc(OCc3ccc(F)cc3F)n2)CC1. The zero-order valence-electron chi connectivity index (χ0n) is 15.0. The van der Waals surface area contributed by atoms with Crippen molar-refractivity contribution in [2.45, 2.75) is 32.8 Å².